The van der Waals surface area contributed by atoms with Crippen LogP contribution in [0.3, 0.4) is 0 Å². The highest BCUT2D eigenvalue weighted by atomic mass is 32.2. The van der Waals surface area contributed by atoms with Crippen molar-refractivity contribution < 1.29 is 17.6 Å². The summed E-state index contributed by atoms with van der Waals surface area (Å²) in [5.74, 6) is -0.470. The number of aryl methyl sites for hydroxylation is 1. The molecule has 0 aromatic heterocycles. The first-order chi connectivity index (χ1) is 13.8. The third kappa shape index (κ3) is 5.41. The van der Waals surface area contributed by atoms with Gasteiger partial charge in [0.05, 0.1) is 11.4 Å². The van der Waals surface area contributed by atoms with E-state index in [4.69, 9.17) is 0 Å². The van der Waals surface area contributed by atoms with Crippen LogP contribution in [0.25, 0.3) is 0 Å². The summed E-state index contributed by atoms with van der Waals surface area (Å²) >= 11 is 0. The highest BCUT2D eigenvalue weighted by Gasteiger charge is 2.29. The van der Waals surface area contributed by atoms with Gasteiger partial charge in [-0.3, -0.25) is 9.69 Å². The largest absolute Gasteiger partial charge is 0.340 e. The van der Waals surface area contributed by atoms with Gasteiger partial charge in [0.25, 0.3) is 0 Å². The number of nitrogens with zero attached hydrogens (tertiary/aromatic N) is 3. The van der Waals surface area contributed by atoms with Crippen molar-refractivity contribution in [1.82, 2.24) is 14.1 Å². The van der Waals surface area contributed by atoms with Crippen molar-refractivity contribution in [3.8, 4) is 0 Å². The Kier molecular flexibility index (Phi) is 6.66. The average Bonchev–Trinajstić information content (AvgIpc) is 2.70. The Morgan fingerprint density at radius 1 is 1.00 bits per heavy atom. The molecular formula is C21H26FN3O3S. The summed E-state index contributed by atoms with van der Waals surface area (Å²) in [5.41, 5.74) is 2.25. The summed E-state index contributed by atoms with van der Waals surface area (Å²) in [5, 5.41) is 0. The van der Waals surface area contributed by atoms with Crippen LogP contribution in [0.2, 0.25) is 0 Å². The maximum atomic E-state index is 13.1. The molecule has 0 spiro atoms. The molecule has 1 fully saturated rings. The quantitative estimate of drug-likeness (QED) is 0.720. The Hall–Kier alpha value is -2.29. The maximum absolute atomic E-state index is 13.1. The topological polar surface area (TPSA) is 60.9 Å². The van der Waals surface area contributed by atoms with E-state index in [1.807, 2.05) is 36.1 Å². The number of amides is 1. The van der Waals surface area contributed by atoms with E-state index in [0.717, 1.165) is 17.7 Å². The molecule has 156 valence electrons. The maximum Gasteiger partial charge on any atom is 0.243 e. The molecule has 2 aromatic carbocycles. The van der Waals surface area contributed by atoms with Crippen molar-refractivity contribution >= 4 is 15.9 Å². The van der Waals surface area contributed by atoms with E-state index in [-0.39, 0.29) is 17.3 Å². The molecule has 0 bridgehead atoms. The zero-order chi connectivity index (χ0) is 21.0. The number of rotatable bonds is 6. The molecule has 2 aromatic rings. The minimum Gasteiger partial charge on any atom is -0.340 e. The number of carbonyl (C=O) groups excluding carboxylic acids is 1. The minimum absolute atomic E-state index is 0.000386. The van der Waals surface area contributed by atoms with Gasteiger partial charge in [-0.1, -0.05) is 29.8 Å². The molecule has 0 saturated carbocycles. The van der Waals surface area contributed by atoms with E-state index >= 15 is 0 Å². The van der Waals surface area contributed by atoms with Crippen molar-refractivity contribution in [2.24, 2.45) is 0 Å². The first-order valence-electron chi connectivity index (χ1n) is 9.53. The van der Waals surface area contributed by atoms with E-state index in [1.165, 1.54) is 22.0 Å². The molecule has 1 saturated heterocycles. The summed E-state index contributed by atoms with van der Waals surface area (Å²) in [6.07, 6.45) is 0. The average molecular weight is 420 g/mol. The van der Waals surface area contributed by atoms with Crippen molar-refractivity contribution in [2.75, 3.05) is 39.8 Å². The molecule has 1 amide bonds. The van der Waals surface area contributed by atoms with Gasteiger partial charge in [0.2, 0.25) is 15.9 Å². The second-order valence-electron chi connectivity index (χ2n) is 7.37. The van der Waals surface area contributed by atoms with Gasteiger partial charge in [-0.25, -0.2) is 12.8 Å². The van der Waals surface area contributed by atoms with Crippen LogP contribution in [0.1, 0.15) is 11.1 Å². The number of halogens is 1. The molecule has 0 radical (unpaired) electrons. The second-order valence-corrected chi connectivity index (χ2v) is 9.31. The monoisotopic (exact) mass is 419 g/mol. The first-order valence-corrected chi connectivity index (χ1v) is 11.0. The fourth-order valence-electron chi connectivity index (χ4n) is 3.25. The van der Waals surface area contributed by atoms with Crippen LogP contribution in [-0.4, -0.2) is 68.2 Å². The minimum atomic E-state index is -3.65. The molecule has 8 heteroatoms. The Labute approximate surface area is 171 Å². The first kappa shape index (κ1) is 21.4. The number of piperazine rings is 1. The summed E-state index contributed by atoms with van der Waals surface area (Å²) in [4.78, 5) is 16.3. The van der Waals surface area contributed by atoms with Gasteiger partial charge in [-0.2, -0.15) is 4.31 Å². The molecule has 1 heterocycles. The van der Waals surface area contributed by atoms with Crippen molar-refractivity contribution in [3.63, 3.8) is 0 Å². The number of likely N-dealkylation sites (N-methyl/N-ethyl adjacent to an activating group) is 1. The van der Waals surface area contributed by atoms with Gasteiger partial charge in [0.1, 0.15) is 5.82 Å². The van der Waals surface area contributed by atoms with Crippen molar-refractivity contribution in [3.05, 3.63) is 65.5 Å². The van der Waals surface area contributed by atoms with Crippen LogP contribution in [0.4, 0.5) is 4.39 Å². The van der Waals surface area contributed by atoms with E-state index in [2.05, 4.69) is 0 Å². The number of benzene rings is 2. The van der Waals surface area contributed by atoms with Crippen LogP contribution in [-0.2, 0) is 21.4 Å². The van der Waals surface area contributed by atoms with Crippen molar-refractivity contribution in [1.29, 1.82) is 0 Å². The van der Waals surface area contributed by atoms with Crippen LogP contribution >= 0.6 is 0 Å². The lowest BCUT2D eigenvalue weighted by Gasteiger charge is -2.34. The summed E-state index contributed by atoms with van der Waals surface area (Å²) in [6, 6.07) is 12.9. The Balaban J connectivity index is 1.51. The highest BCUT2D eigenvalue weighted by Crippen LogP contribution is 2.18. The highest BCUT2D eigenvalue weighted by molar-refractivity contribution is 7.89. The molecule has 0 unspecified atom stereocenters. The number of sulfonamides is 1. The predicted octanol–water partition coefficient (Wildman–Crippen LogP) is 2.10. The molecule has 6 nitrogen and oxygen atoms in total. The predicted molar refractivity (Wildman–Crippen MR) is 109 cm³/mol. The molecule has 0 N–H and O–H groups in total. The summed E-state index contributed by atoms with van der Waals surface area (Å²) < 4.78 is 39.8. The number of carbonyl (C=O) groups is 1. The Morgan fingerprint density at radius 3 is 2.17 bits per heavy atom. The van der Waals surface area contributed by atoms with E-state index in [0.29, 0.717) is 32.7 Å². The van der Waals surface area contributed by atoms with Gasteiger partial charge >= 0.3 is 0 Å². The molecule has 1 aliphatic rings. The van der Waals surface area contributed by atoms with Gasteiger partial charge in [0.15, 0.2) is 0 Å². The van der Waals surface area contributed by atoms with E-state index < -0.39 is 15.8 Å². The smallest absolute Gasteiger partial charge is 0.243 e. The fourth-order valence-corrected chi connectivity index (χ4v) is 4.67. The van der Waals surface area contributed by atoms with Gasteiger partial charge in [0, 0.05) is 39.8 Å². The Bertz CT molecular complexity index is 938. The van der Waals surface area contributed by atoms with Gasteiger partial charge in [-0.15, -0.1) is 0 Å². The number of hydrogen-bond donors (Lipinski definition) is 0. The lowest BCUT2D eigenvalue weighted by molar-refractivity contribution is -0.131. The third-order valence-electron chi connectivity index (χ3n) is 5.11. The fraction of sp³-hybridized carbons (Fsp3) is 0.381. The van der Waals surface area contributed by atoms with Gasteiger partial charge < -0.3 is 4.90 Å². The van der Waals surface area contributed by atoms with Gasteiger partial charge in [-0.05, 0) is 36.8 Å². The van der Waals surface area contributed by atoms with E-state index in [1.54, 1.807) is 11.9 Å². The van der Waals surface area contributed by atoms with Crippen LogP contribution < -0.4 is 0 Å². The molecule has 29 heavy (non-hydrogen) atoms. The van der Waals surface area contributed by atoms with Crippen LogP contribution in [0, 0.1) is 12.7 Å². The molecule has 1 aliphatic heterocycles. The molecule has 0 aliphatic carbocycles. The Morgan fingerprint density at radius 2 is 1.59 bits per heavy atom. The lowest BCUT2D eigenvalue weighted by atomic mass is 10.1. The SMILES string of the molecule is Cc1ccc(CN(C)C(=O)CN2CCN(S(=O)(=O)c3ccc(F)cc3)CC2)cc1. The number of hydrogen-bond acceptors (Lipinski definition) is 4. The van der Waals surface area contributed by atoms with Crippen LogP contribution in [0.15, 0.2) is 53.4 Å². The summed E-state index contributed by atoms with van der Waals surface area (Å²) in [7, 11) is -1.87. The molecule has 3 rings (SSSR count). The van der Waals surface area contributed by atoms with E-state index in [9.17, 15) is 17.6 Å². The zero-order valence-electron chi connectivity index (χ0n) is 16.7. The zero-order valence-corrected chi connectivity index (χ0v) is 17.5. The summed E-state index contributed by atoms with van der Waals surface area (Å²) in [6.45, 7) is 4.37. The standard InChI is InChI=1S/C21H26FN3O3S/c1-17-3-5-18(6-4-17)15-23(2)21(26)16-24-11-13-25(14-12-24)29(27,28)20-9-7-19(22)8-10-20/h3-10H,11-16H2,1-2H3. The van der Waals surface area contributed by atoms with Crippen LogP contribution in [0.5, 0.6) is 0 Å². The van der Waals surface area contributed by atoms with Crippen molar-refractivity contribution in [2.45, 2.75) is 18.4 Å². The molecule has 0 atom stereocenters. The normalized spacial score (nSPS) is 16.0. The second kappa shape index (κ2) is 9.02. The molecular weight excluding hydrogens is 393 g/mol. The third-order valence-corrected chi connectivity index (χ3v) is 7.02. The lowest BCUT2D eigenvalue weighted by Crippen LogP contribution is -2.51.